The molecule has 0 saturated heterocycles. The molecule has 0 atom stereocenters. The smallest absolute Gasteiger partial charge is 0.149 e. The number of hydrogen-bond donors (Lipinski definition) is 1. The van der Waals surface area contributed by atoms with Crippen molar-refractivity contribution in [2.75, 3.05) is 5.73 Å². The van der Waals surface area contributed by atoms with E-state index in [4.69, 9.17) is 17.3 Å². The molecule has 3 aromatic rings. The first kappa shape index (κ1) is 13.5. The van der Waals surface area contributed by atoms with Crippen LogP contribution < -0.4 is 5.73 Å². The number of rotatable bonds is 2. The first-order valence-electron chi connectivity index (χ1n) is 6.13. The molecule has 0 aliphatic heterocycles. The number of aryl methyl sites for hydroxylation is 1. The number of nitrogens with two attached hydrogens (primary N) is 1. The molecule has 3 rings (SSSR count). The van der Waals surface area contributed by atoms with E-state index >= 15 is 0 Å². The van der Waals surface area contributed by atoms with E-state index in [0.717, 1.165) is 0 Å². The molecule has 1 aromatic carbocycles. The number of nitrogens with zero attached hydrogens (tertiary/aromatic N) is 4. The normalized spacial score (nSPS) is 10.8. The van der Waals surface area contributed by atoms with Crippen LogP contribution in [0.5, 0.6) is 0 Å². The molecule has 0 aliphatic rings. The van der Waals surface area contributed by atoms with Crippen LogP contribution in [0.15, 0.2) is 36.7 Å². The number of halogens is 2. The van der Waals surface area contributed by atoms with Gasteiger partial charge in [0.2, 0.25) is 0 Å². The van der Waals surface area contributed by atoms with E-state index in [1.165, 1.54) is 16.9 Å². The Morgan fingerprint density at radius 1 is 1.24 bits per heavy atom. The van der Waals surface area contributed by atoms with Gasteiger partial charge in [0.05, 0.1) is 23.0 Å². The topological polar surface area (TPSA) is 69.6 Å². The van der Waals surface area contributed by atoms with Crippen molar-refractivity contribution in [2.45, 2.75) is 0 Å². The highest BCUT2D eigenvalue weighted by molar-refractivity contribution is 6.31. The standard InChI is InChI=1S/C14H11ClFN5/c1-21-14(17)11(9-3-2-4-10(15)12(9)16)13(20-21)8-5-6-18-19-7-8/h2-7H,17H2,1H3. The highest BCUT2D eigenvalue weighted by Gasteiger charge is 2.21. The molecule has 0 bridgehead atoms. The molecular weight excluding hydrogens is 293 g/mol. The van der Waals surface area contributed by atoms with Crippen LogP contribution in [-0.4, -0.2) is 20.0 Å². The largest absolute Gasteiger partial charge is 0.383 e. The molecule has 0 saturated carbocycles. The van der Waals surface area contributed by atoms with E-state index in [0.29, 0.717) is 28.2 Å². The Morgan fingerprint density at radius 2 is 2.05 bits per heavy atom. The van der Waals surface area contributed by atoms with Crippen molar-refractivity contribution in [3.63, 3.8) is 0 Å². The van der Waals surface area contributed by atoms with Gasteiger partial charge in [-0.2, -0.15) is 15.3 Å². The summed E-state index contributed by atoms with van der Waals surface area (Å²) in [6.45, 7) is 0. The minimum atomic E-state index is -0.526. The van der Waals surface area contributed by atoms with Crippen molar-refractivity contribution in [1.29, 1.82) is 0 Å². The molecule has 21 heavy (non-hydrogen) atoms. The zero-order valence-electron chi connectivity index (χ0n) is 11.1. The van der Waals surface area contributed by atoms with Crippen LogP contribution >= 0.6 is 11.6 Å². The summed E-state index contributed by atoms with van der Waals surface area (Å²) in [5.74, 6) is -0.176. The van der Waals surface area contributed by atoms with Gasteiger partial charge in [-0.1, -0.05) is 23.7 Å². The second-order valence-corrected chi connectivity index (χ2v) is 4.87. The summed E-state index contributed by atoms with van der Waals surface area (Å²) in [5.41, 5.74) is 8.08. The fourth-order valence-electron chi connectivity index (χ4n) is 2.13. The predicted molar refractivity (Wildman–Crippen MR) is 79.1 cm³/mol. The average Bonchev–Trinajstić information content (AvgIpc) is 2.79. The second-order valence-electron chi connectivity index (χ2n) is 4.46. The van der Waals surface area contributed by atoms with Crippen LogP contribution in [0.25, 0.3) is 22.4 Å². The predicted octanol–water partition coefficient (Wildman–Crippen LogP) is 2.92. The number of hydrogen-bond acceptors (Lipinski definition) is 4. The number of benzene rings is 1. The van der Waals surface area contributed by atoms with Crippen LogP contribution in [0.3, 0.4) is 0 Å². The van der Waals surface area contributed by atoms with E-state index in [1.54, 1.807) is 31.4 Å². The van der Waals surface area contributed by atoms with Gasteiger partial charge in [-0.05, 0) is 12.1 Å². The van der Waals surface area contributed by atoms with Gasteiger partial charge in [0.15, 0.2) is 0 Å². The van der Waals surface area contributed by atoms with Gasteiger partial charge in [-0.25, -0.2) is 4.39 Å². The summed E-state index contributed by atoms with van der Waals surface area (Å²) in [7, 11) is 1.69. The van der Waals surface area contributed by atoms with Crippen LogP contribution in [0.2, 0.25) is 5.02 Å². The van der Waals surface area contributed by atoms with Gasteiger partial charge in [0, 0.05) is 18.2 Å². The molecule has 0 fully saturated rings. The molecule has 0 aliphatic carbocycles. The first-order chi connectivity index (χ1) is 10.1. The second kappa shape index (κ2) is 5.14. The number of anilines is 1. The SMILES string of the molecule is Cn1nc(-c2ccnnc2)c(-c2cccc(Cl)c2F)c1N. The lowest BCUT2D eigenvalue weighted by molar-refractivity contribution is 0.632. The summed E-state index contributed by atoms with van der Waals surface area (Å²) in [4.78, 5) is 0. The van der Waals surface area contributed by atoms with Gasteiger partial charge in [0.25, 0.3) is 0 Å². The molecule has 0 unspecified atom stereocenters. The molecule has 2 N–H and O–H groups in total. The Morgan fingerprint density at radius 3 is 2.76 bits per heavy atom. The van der Waals surface area contributed by atoms with E-state index in [2.05, 4.69) is 15.3 Å². The van der Waals surface area contributed by atoms with Gasteiger partial charge < -0.3 is 5.73 Å². The Kier molecular flexibility index (Phi) is 3.31. The monoisotopic (exact) mass is 303 g/mol. The minimum absolute atomic E-state index is 0.0366. The Hall–Kier alpha value is -2.47. The van der Waals surface area contributed by atoms with Gasteiger partial charge in [0.1, 0.15) is 17.3 Å². The van der Waals surface area contributed by atoms with Crippen LogP contribution in [0, 0.1) is 5.82 Å². The fraction of sp³-hybridized carbons (Fsp3) is 0.0714. The van der Waals surface area contributed by atoms with Gasteiger partial charge in [-0.3, -0.25) is 4.68 Å². The molecule has 106 valence electrons. The van der Waals surface area contributed by atoms with Gasteiger partial charge in [-0.15, -0.1) is 0 Å². The summed E-state index contributed by atoms with van der Waals surface area (Å²) in [5, 5.41) is 11.9. The number of nitrogen functional groups attached to an aromatic ring is 1. The van der Waals surface area contributed by atoms with Gasteiger partial charge >= 0.3 is 0 Å². The van der Waals surface area contributed by atoms with Crippen LogP contribution in [-0.2, 0) is 7.05 Å². The fourth-order valence-corrected chi connectivity index (χ4v) is 2.31. The molecule has 2 aromatic heterocycles. The van der Waals surface area contributed by atoms with E-state index in [-0.39, 0.29) is 5.02 Å². The third-order valence-corrected chi connectivity index (χ3v) is 3.46. The lowest BCUT2D eigenvalue weighted by Gasteiger charge is -2.06. The van der Waals surface area contributed by atoms with E-state index in [1.807, 2.05) is 0 Å². The Bertz CT molecular complexity index is 801. The van der Waals surface area contributed by atoms with Crippen molar-refractivity contribution in [3.05, 3.63) is 47.5 Å². The molecule has 0 radical (unpaired) electrons. The minimum Gasteiger partial charge on any atom is -0.383 e. The maximum absolute atomic E-state index is 14.3. The summed E-state index contributed by atoms with van der Waals surface area (Å²) < 4.78 is 15.8. The molecule has 0 spiro atoms. The summed E-state index contributed by atoms with van der Waals surface area (Å²) in [6.07, 6.45) is 3.09. The van der Waals surface area contributed by atoms with Crippen molar-refractivity contribution in [1.82, 2.24) is 20.0 Å². The molecular formula is C14H11ClFN5. The molecule has 0 amide bonds. The Labute approximate surface area is 125 Å². The van der Waals surface area contributed by atoms with Crippen molar-refractivity contribution >= 4 is 17.4 Å². The average molecular weight is 304 g/mol. The lowest BCUT2D eigenvalue weighted by atomic mass is 10.0. The van der Waals surface area contributed by atoms with Crippen LogP contribution in [0.4, 0.5) is 10.2 Å². The molecule has 7 heteroatoms. The zero-order valence-corrected chi connectivity index (χ0v) is 11.8. The number of aromatic nitrogens is 4. The van der Waals surface area contributed by atoms with E-state index < -0.39 is 5.82 Å². The highest BCUT2D eigenvalue weighted by atomic mass is 35.5. The third-order valence-electron chi connectivity index (χ3n) is 3.17. The third kappa shape index (κ3) is 2.23. The summed E-state index contributed by atoms with van der Waals surface area (Å²) in [6, 6.07) is 6.51. The quantitative estimate of drug-likeness (QED) is 0.790. The van der Waals surface area contributed by atoms with Crippen LogP contribution in [0.1, 0.15) is 0 Å². The van der Waals surface area contributed by atoms with Crippen molar-refractivity contribution < 1.29 is 4.39 Å². The molecule has 2 heterocycles. The Balaban J connectivity index is 2.30. The highest BCUT2D eigenvalue weighted by Crippen LogP contribution is 2.38. The van der Waals surface area contributed by atoms with Crippen molar-refractivity contribution in [3.8, 4) is 22.4 Å². The first-order valence-corrected chi connectivity index (χ1v) is 6.51. The molecule has 5 nitrogen and oxygen atoms in total. The summed E-state index contributed by atoms with van der Waals surface area (Å²) >= 11 is 5.86. The maximum Gasteiger partial charge on any atom is 0.149 e. The van der Waals surface area contributed by atoms with Crippen molar-refractivity contribution in [2.24, 2.45) is 7.05 Å². The lowest BCUT2D eigenvalue weighted by Crippen LogP contribution is -1.98. The van der Waals surface area contributed by atoms with E-state index in [9.17, 15) is 4.39 Å². The maximum atomic E-state index is 14.3. The zero-order chi connectivity index (χ0) is 15.0.